The number of para-hydroxylation sites is 1. The van der Waals surface area contributed by atoms with Crippen molar-refractivity contribution in [1.82, 2.24) is 10.3 Å². The fourth-order valence-corrected chi connectivity index (χ4v) is 2.34. The van der Waals surface area contributed by atoms with Crippen LogP contribution in [0.3, 0.4) is 0 Å². The molecule has 1 aliphatic rings. The van der Waals surface area contributed by atoms with E-state index >= 15 is 0 Å². The van der Waals surface area contributed by atoms with Crippen LogP contribution in [0.25, 0.3) is 10.9 Å². The van der Waals surface area contributed by atoms with Crippen molar-refractivity contribution in [2.75, 3.05) is 17.6 Å². The number of anilines is 2. The molecule has 21 heavy (non-hydrogen) atoms. The second-order valence-electron chi connectivity index (χ2n) is 5.48. The second kappa shape index (κ2) is 5.99. The van der Waals surface area contributed by atoms with Crippen LogP contribution < -0.4 is 16.4 Å². The van der Waals surface area contributed by atoms with Crippen LogP contribution in [0, 0.1) is 0 Å². The summed E-state index contributed by atoms with van der Waals surface area (Å²) in [5.41, 5.74) is 8.46. The monoisotopic (exact) mass is 284 g/mol. The summed E-state index contributed by atoms with van der Waals surface area (Å²) in [6.07, 6.45) is 5.26. The Balaban J connectivity index is 1.57. The zero-order chi connectivity index (χ0) is 14.7. The van der Waals surface area contributed by atoms with E-state index in [1.165, 1.54) is 0 Å². The lowest BCUT2D eigenvalue weighted by Gasteiger charge is -2.12. The van der Waals surface area contributed by atoms with E-state index in [1.807, 2.05) is 24.3 Å². The van der Waals surface area contributed by atoms with Gasteiger partial charge in [0.15, 0.2) is 0 Å². The summed E-state index contributed by atoms with van der Waals surface area (Å²) >= 11 is 0. The third kappa shape index (κ3) is 3.42. The lowest BCUT2D eigenvalue weighted by Crippen LogP contribution is -2.25. The number of hydrogen-bond donors (Lipinski definition) is 3. The molecule has 0 unspecified atom stereocenters. The fraction of sp³-hybridized carbons (Fsp3) is 0.375. The predicted molar refractivity (Wildman–Crippen MR) is 85.0 cm³/mol. The highest BCUT2D eigenvalue weighted by Crippen LogP contribution is 2.27. The molecule has 1 amide bonds. The van der Waals surface area contributed by atoms with E-state index in [-0.39, 0.29) is 5.91 Å². The normalized spacial score (nSPS) is 14.1. The van der Waals surface area contributed by atoms with Gasteiger partial charge >= 0.3 is 0 Å². The molecule has 1 aromatic carbocycles. The van der Waals surface area contributed by atoms with Crippen LogP contribution in [0.5, 0.6) is 0 Å². The third-order valence-corrected chi connectivity index (χ3v) is 3.63. The maximum absolute atomic E-state index is 11.6. The van der Waals surface area contributed by atoms with Crippen LogP contribution in [-0.2, 0) is 4.79 Å². The Morgan fingerprint density at radius 3 is 2.95 bits per heavy atom. The zero-order valence-corrected chi connectivity index (χ0v) is 11.9. The number of fused-ring (bicyclic) bond motifs is 1. The van der Waals surface area contributed by atoms with Crippen molar-refractivity contribution < 1.29 is 4.79 Å². The summed E-state index contributed by atoms with van der Waals surface area (Å²) < 4.78 is 0. The molecule has 4 N–H and O–H groups in total. The number of benzene rings is 1. The topological polar surface area (TPSA) is 80.0 Å². The number of hydrogen-bond acceptors (Lipinski definition) is 4. The minimum absolute atomic E-state index is 0.145. The van der Waals surface area contributed by atoms with Gasteiger partial charge in [0, 0.05) is 24.4 Å². The van der Waals surface area contributed by atoms with Gasteiger partial charge in [0.2, 0.25) is 5.91 Å². The van der Waals surface area contributed by atoms with Gasteiger partial charge in [-0.3, -0.25) is 9.78 Å². The van der Waals surface area contributed by atoms with E-state index in [4.69, 9.17) is 5.73 Å². The highest BCUT2D eigenvalue weighted by molar-refractivity contribution is 5.96. The maximum Gasteiger partial charge on any atom is 0.220 e. The first-order valence-electron chi connectivity index (χ1n) is 7.40. The summed E-state index contributed by atoms with van der Waals surface area (Å²) in [6.45, 7) is 0.719. The second-order valence-corrected chi connectivity index (χ2v) is 5.48. The van der Waals surface area contributed by atoms with E-state index in [1.54, 1.807) is 6.20 Å². The van der Waals surface area contributed by atoms with E-state index in [0.717, 1.165) is 42.4 Å². The smallest absolute Gasteiger partial charge is 0.220 e. The number of carbonyl (C=O) groups is 1. The quantitative estimate of drug-likeness (QED) is 0.711. The molecule has 5 nitrogen and oxygen atoms in total. The van der Waals surface area contributed by atoms with Crippen molar-refractivity contribution in [2.24, 2.45) is 0 Å². The molecule has 110 valence electrons. The highest BCUT2D eigenvalue weighted by atomic mass is 16.1. The van der Waals surface area contributed by atoms with E-state index < -0.39 is 0 Å². The molecule has 0 aliphatic heterocycles. The average molecular weight is 284 g/mol. The van der Waals surface area contributed by atoms with Crippen LogP contribution in [0.15, 0.2) is 30.5 Å². The Labute approximate surface area is 123 Å². The molecule has 3 rings (SSSR count). The minimum Gasteiger partial charge on any atom is -0.396 e. The van der Waals surface area contributed by atoms with Gasteiger partial charge in [0.05, 0.1) is 23.1 Å². The number of nitrogens with zero attached hydrogens (tertiary/aromatic N) is 1. The molecule has 1 fully saturated rings. The van der Waals surface area contributed by atoms with Crippen molar-refractivity contribution in [3.05, 3.63) is 30.5 Å². The van der Waals surface area contributed by atoms with Crippen LogP contribution in [0.2, 0.25) is 0 Å². The van der Waals surface area contributed by atoms with Crippen molar-refractivity contribution >= 4 is 28.2 Å². The fourth-order valence-electron chi connectivity index (χ4n) is 2.34. The van der Waals surface area contributed by atoms with Gasteiger partial charge < -0.3 is 16.4 Å². The molecule has 1 heterocycles. The van der Waals surface area contributed by atoms with Gasteiger partial charge in [-0.1, -0.05) is 18.2 Å². The molecule has 1 aliphatic carbocycles. The summed E-state index contributed by atoms with van der Waals surface area (Å²) in [7, 11) is 0. The first-order chi connectivity index (χ1) is 10.2. The van der Waals surface area contributed by atoms with Gasteiger partial charge in [-0.2, -0.15) is 0 Å². The van der Waals surface area contributed by atoms with Crippen LogP contribution in [0.1, 0.15) is 25.7 Å². The van der Waals surface area contributed by atoms with E-state index in [0.29, 0.717) is 18.2 Å². The number of nitrogens with one attached hydrogen (secondary N) is 2. The third-order valence-electron chi connectivity index (χ3n) is 3.63. The van der Waals surface area contributed by atoms with Gasteiger partial charge in [-0.15, -0.1) is 0 Å². The Hall–Kier alpha value is -2.30. The van der Waals surface area contributed by atoms with Gasteiger partial charge in [-0.05, 0) is 25.3 Å². The first kappa shape index (κ1) is 13.7. The molecular formula is C16H20N4O. The number of amides is 1. The molecule has 0 atom stereocenters. The molecule has 0 bridgehead atoms. The largest absolute Gasteiger partial charge is 0.396 e. The summed E-state index contributed by atoms with van der Waals surface area (Å²) in [5.74, 6) is 0.145. The van der Waals surface area contributed by atoms with Crippen molar-refractivity contribution in [2.45, 2.75) is 31.7 Å². The minimum atomic E-state index is 0.145. The molecule has 1 saturated carbocycles. The lowest BCUT2D eigenvalue weighted by molar-refractivity contribution is -0.121. The van der Waals surface area contributed by atoms with Crippen LogP contribution in [0.4, 0.5) is 11.4 Å². The number of carbonyl (C=O) groups excluding carboxylic acids is 1. The Kier molecular flexibility index (Phi) is 3.90. The van der Waals surface area contributed by atoms with E-state index in [9.17, 15) is 4.79 Å². The summed E-state index contributed by atoms with van der Waals surface area (Å²) in [4.78, 5) is 15.9. The number of rotatable bonds is 6. The predicted octanol–water partition coefficient (Wildman–Crippen LogP) is 2.29. The summed E-state index contributed by atoms with van der Waals surface area (Å²) in [5, 5.41) is 7.34. The van der Waals surface area contributed by atoms with Crippen molar-refractivity contribution in [3.8, 4) is 0 Å². The van der Waals surface area contributed by atoms with E-state index in [2.05, 4.69) is 15.6 Å². The Bertz CT molecular complexity index is 652. The first-order valence-corrected chi connectivity index (χ1v) is 7.40. The van der Waals surface area contributed by atoms with Crippen LogP contribution in [-0.4, -0.2) is 23.5 Å². The SMILES string of the molecule is Nc1cnc2ccccc2c1NCCCC(=O)NC1CC1. The molecule has 0 saturated heterocycles. The standard InChI is InChI=1S/C16H20N4O/c17-13-10-19-14-5-2-1-4-12(14)16(13)18-9-3-6-15(21)20-11-7-8-11/h1-2,4-5,10-11H,3,6-9,17H2,(H,18,19)(H,20,21). The number of aromatic nitrogens is 1. The zero-order valence-electron chi connectivity index (χ0n) is 11.9. The molecular weight excluding hydrogens is 264 g/mol. The lowest BCUT2D eigenvalue weighted by atomic mass is 10.1. The van der Waals surface area contributed by atoms with Gasteiger partial charge in [-0.25, -0.2) is 0 Å². The number of nitrogens with two attached hydrogens (primary N) is 1. The molecule has 0 radical (unpaired) electrons. The maximum atomic E-state index is 11.6. The Morgan fingerprint density at radius 1 is 1.33 bits per heavy atom. The van der Waals surface area contributed by atoms with Gasteiger partial charge in [0.25, 0.3) is 0 Å². The number of pyridine rings is 1. The van der Waals surface area contributed by atoms with Gasteiger partial charge in [0.1, 0.15) is 0 Å². The average Bonchev–Trinajstić information content (AvgIpc) is 3.29. The highest BCUT2D eigenvalue weighted by Gasteiger charge is 2.22. The molecule has 1 aromatic heterocycles. The van der Waals surface area contributed by atoms with Crippen LogP contribution >= 0.6 is 0 Å². The van der Waals surface area contributed by atoms with Crippen molar-refractivity contribution in [3.63, 3.8) is 0 Å². The number of nitrogen functional groups attached to an aromatic ring is 1. The molecule has 2 aromatic rings. The Morgan fingerprint density at radius 2 is 2.14 bits per heavy atom. The van der Waals surface area contributed by atoms with Crippen molar-refractivity contribution in [1.29, 1.82) is 0 Å². The molecule has 0 spiro atoms. The summed E-state index contributed by atoms with van der Waals surface area (Å²) in [6, 6.07) is 8.32. The molecule has 5 heteroatoms.